The Morgan fingerprint density at radius 3 is 2.44 bits per heavy atom. The fourth-order valence-electron chi connectivity index (χ4n) is 3.10. The topological polar surface area (TPSA) is 92.8 Å². The molecule has 0 bridgehead atoms. The van der Waals surface area contributed by atoms with E-state index in [2.05, 4.69) is 5.32 Å². The maximum atomic E-state index is 12.4. The molecule has 1 aromatic rings. The number of aryl methyl sites for hydroxylation is 1. The highest BCUT2D eigenvalue weighted by molar-refractivity contribution is 6.21. The minimum absolute atomic E-state index is 0.109. The van der Waals surface area contributed by atoms with E-state index in [-0.39, 0.29) is 36.6 Å². The zero-order valence-electron chi connectivity index (χ0n) is 16.2. The molecule has 1 N–H and O–H groups in total. The Labute approximate surface area is 159 Å². The maximum absolute atomic E-state index is 12.4. The third kappa shape index (κ3) is 4.93. The average Bonchev–Trinajstić information content (AvgIpc) is 2.84. The van der Waals surface area contributed by atoms with Crippen molar-refractivity contribution in [1.29, 1.82) is 0 Å². The molecule has 27 heavy (non-hydrogen) atoms. The van der Waals surface area contributed by atoms with Crippen molar-refractivity contribution in [3.05, 3.63) is 34.9 Å². The van der Waals surface area contributed by atoms with Gasteiger partial charge in [0.2, 0.25) is 5.91 Å². The van der Waals surface area contributed by atoms with Crippen molar-refractivity contribution in [2.24, 2.45) is 5.92 Å². The van der Waals surface area contributed by atoms with Crippen molar-refractivity contribution < 1.29 is 23.9 Å². The summed E-state index contributed by atoms with van der Waals surface area (Å²) < 4.78 is 4.72. The van der Waals surface area contributed by atoms with Gasteiger partial charge in [-0.1, -0.05) is 25.5 Å². The smallest absolute Gasteiger partial charge is 0.328 e. The second-order valence-electron chi connectivity index (χ2n) is 7.19. The zero-order valence-corrected chi connectivity index (χ0v) is 16.2. The number of nitrogens with zero attached hydrogens (tertiary/aromatic N) is 1. The van der Waals surface area contributed by atoms with Crippen molar-refractivity contribution in [1.82, 2.24) is 10.2 Å². The summed E-state index contributed by atoms with van der Waals surface area (Å²) in [7, 11) is 1.28. The number of hydrogen-bond acceptors (Lipinski definition) is 5. The van der Waals surface area contributed by atoms with Gasteiger partial charge in [0.05, 0.1) is 18.2 Å². The lowest BCUT2D eigenvalue weighted by Crippen LogP contribution is -2.42. The van der Waals surface area contributed by atoms with Gasteiger partial charge in [0.15, 0.2) is 0 Å². The van der Waals surface area contributed by atoms with Crippen LogP contribution >= 0.6 is 0 Å². The monoisotopic (exact) mass is 374 g/mol. The molecule has 3 amide bonds. The van der Waals surface area contributed by atoms with Crippen LogP contribution in [0.4, 0.5) is 0 Å². The number of imide groups is 1. The Kier molecular flexibility index (Phi) is 6.71. The van der Waals surface area contributed by atoms with Crippen LogP contribution in [0.2, 0.25) is 0 Å². The van der Waals surface area contributed by atoms with Crippen LogP contribution in [0.15, 0.2) is 18.2 Å². The molecule has 7 heteroatoms. The molecule has 7 nitrogen and oxygen atoms in total. The van der Waals surface area contributed by atoms with Gasteiger partial charge in [-0.05, 0) is 37.8 Å². The van der Waals surface area contributed by atoms with Crippen LogP contribution in [-0.2, 0) is 14.3 Å². The molecule has 1 heterocycles. The highest BCUT2D eigenvalue weighted by Gasteiger charge is 2.35. The van der Waals surface area contributed by atoms with Crippen LogP contribution in [0.1, 0.15) is 59.4 Å². The van der Waals surface area contributed by atoms with Gasteiger partial charge in [0.1, 0.15) is 6.04 Å². The number of rotatable bonds is 8. The fraction of sp³-hybridized carbons (Fsp3) is 0.500. The molecule has 0 fully saturated rings. The Morgan fingerprint density at radius 1 is 1.15 bits per heavy atom. The zero-order chi connectivity index (χ0) is 20.1. The summed E-state index contributed by atoms with van der Waals surface area (Å²) in [5, 5.41) is 2.67. The molecule has 1 aliphatic heterocycles. The van der Waals surface area contributed by atoms with E-state index >= 15 is 0 Å². The van der Waals surface area contributed by atoms with Crippen molar-refractivity contribution >= 4 is 23.7 Å². The van der Waals surface area contributed by atoms with E-state index in [1.165, 1.54) is 12.0 Å². The number of hydrogen-bond donors (Lipinski definition) is 1. The number of nitrogens with one attached hydrogen (secondary N) is 1. The quantitative estimate of drug-likeness (QED) is 0.555. The SMILES string of the molecule is COC(=O)[C@H](CC(C)C)NC(=O)CCCN1C(=O)c2ccc(C)cc2C1=O. The van der Waals surface area contributed by atoms with E-state index in [4.69, 9.17) is 4.74 Å². The van der Waals surface area contributed by atoms with Gasteiger partial charge in [-0.15, -0.1) is 0 Å². The molecule has 0 unspecified atom stereocenters. The van der Waals surface area contributed by atoms with Crippen molar-refractivity contribution in [3.63, 3.8) is 0 Å². The van der Waals surface area contributed by atoms with E-state index in [1.54, 1.807) is 18.2 Å². The predicted octanol–water partition coefficient (Wildman–Crippen LogP) is 2.08. The van der Waals surface area contributed by atoms with Crippen LogP contribution in [0, 0.1) is 12.8 Å². The van der Waals surface area contributed by atoms with Crippen LogP contribution in [0.25, 0.3) is 0 Å². The Balaban J connectivity index is 1.89. The normalized spacial score (nSPS) is 14.3. The second-order valence-corrected chi connectivity index (χ2v) is 7.19. The lowest BCUT2D eigenvalue weighted by molar-refractivity contribution is -0.145. The number of benzene rings is 1. The third-order valence-electron chi connectivity index (χ3n) is 4.44. The Morgan fingerprint density at radius 2 is 1.81 bits per heavy atom. The van der Waals surface area contributed by atoms with Crippen LogP contribution in [0.5, 0.6) is 0 Å². The van der Waals surface area contributed by atoms with Crippen molar-refractivity contribution in [2.75, 3.05) is 13.7 Å². The number of carbonyl (C=O) groups excluding carboxylic acids is 4. The van der Waals surface area contributed by atoms with E-state index in [9.17, 15) is 19.2 Å². The summed E-state index contributed by atoms with van der Waals surface area (Å²) in [4.78, 5) is 49.9. The largest absolute Gasteiger partial charge is 0.467 e. The summed E-state index contributed by atoms with van der Waals surface area (Å²) in [5.41, 5.74) is 1.72. The van der Waals surface area contributed by atoms with E-state index in [0.29, 0.717) is 24.0 Å². The average molecular weight is 374 g/mol. The summed E-state index contributed by atoms with van der Waals surface area (Å²) in [6.45, 7) is 5.92. The van der Waals surface area contributed by atoms with Gasteiger partial charge in [0.25, 0.3) is 11.8 Å². The summed E-state index contributed by atoms with van der Waals surface area (Å²) >= 11 is 0. The molecule has 1 aromatic carbocycles. The lowest BCUT2D eigenvalue weighted by atomic mass is 10.0. The van der Waals surface area contributed by atoms with Crippen molar-refractivity contribution in [2.45, 2.75) is 46.1 Å². The molecule has 0 radical (unpaired) electrons. The first-order valence-corrected chi connectivity index (χ1v) is 9.08. The lowest BCUT2D eigenvalue weighted by Gasteiger charge is -2.19. The summed E-state index contributed by atoms with van der Waals surface area (Å²) in [6, 6.07) is 4.47. The molecule has 0 saturated carbocycles. The van der Waals surface area contributed by atoms with E-state index < -0.39 is 12.0 Å². The molecule has 146 valence electrons. The predicted molar refractivity (Wildman–Crippen MR) is 99.2 cm³/mol. The van der Waals surface area contributed by atoms with Gasteiger partial charge in [-0.2, -0.15) is 0 Å². The molecule has 0 spiro atoms. The molecule has 0 aliphatic carbocycles. The number of methoxy groups -OCH3 is 1. The fourth-order valence-corrected chi connectivity index (χ4v) is 3.10. The molecule has 1 aliphatic rings. The number of amides is 3. The van der Waals surface area contributed by atoms with E-state index in [0.717, 1.165) is 5.56 Å². The van der Waals surface area contributed by atoms with Gasteiger partial charge in [0, 0.05) is 13.0 Å². The third-order valence-corrected chi connectivity index (χ3v) is 4.44. The van der Waals surface area contributed by atoms with Crippen LogP contribution < -0.4 is 5.32 Å². The minimum Gasteiger partial charge on any atom is -0.467 e. The first kappa shape index (κ1) is 20.6. The number of ether oxygens (including phenoxy) is 1. The number of fused-ring (bicyclic) bond motifs is 1. The van der Waals surface area contributed by atoms with Gasteiger partial charge in [-0.3, -0.25) is 19.3 Å². The van der Waals surface area contributed by atoms with Gasteiger partial charge in [-0.25, -0.2) is 4.79 Å². The maximum Gasteiger partial charge on any atom is 0.328 e. The molecular weight excluding hydrogens is 348 g/mol. The second kappa shape index (κ2) is 8.79. The number of esters is 1. The van der Waals surface area contributed by atoms with Gasteiger partial charge < -0.3 is 10.1 Å². The number of carbonyl (C=O) groups is 4. The van der Waals surface area contributed by atoms with Crippen molar-refractivity contribution in [3.8, 4) is 0 Å². The van der Waals surface area contributed by atoms with Gasteiger partial charge >= 0.3 is 5.97 Å². The molecule has 2 rings (SSSR count). The van der Waals surface area contributed by atoms with Crippen LogP contribution in [0.3, 0.4) is 0 Å². The van der Waals surface area contributed by atoms with Crippen LogP contribution in [-0.4, -0.2) is 48.3 Å². The molecule has 0 saturated heterocycles. The standard InChI is InChI=1S/C20H26N2O5/c1-12(2)10-16(20(26)27-4)21-17(23)6-5-9-22-18(24)14-8-7-13(3)11-15(14)19(22)25/h7-8,11-12,16H,5-6,9-10H2,1-4H3,(H,21,23)/t16-/m0/s1. The highest BCUT2D eigenvalue weighted by atomic mass is 16.5. The first-order valence-electron chi connectivity index (χ1n) is 9.08. The minimum atomic E-state index is -0.690. The molecule has 1 atom stereocenters. The molecular formula is C20H26N2O5. The Bertz CT molecular complexity index is 757. The highest BCUT2D eigenvalue weighted by Crippen LogP contribution is 2.24. The Hall–Kier alpha value is -2.70. The molecule has 0 aromatic heterocycles. The van der Waals surface area contributed by atoms with E-state index in [1.807, 2.05) is 20.8 Å². The summed E-state index contributed by atoms with van der Waals surface area (Å²) in [5.74, 6) is -1.23. The summed E-state index contributed by atoms with van der Waals surface area (Å²) in [6.07, 6.45) is 0.917. The first-order chi connectivity index (χ1) is 12.7.